The number of aryl methyl sites for hydroxylation is 2. The number of aromatic hydroxyl groups is 2. The molecule has 4 aromatic rings. The summed E-state index contributed by atoms with van der Waals surface area (Å²) in [6.45, 7) is 5.58. The van der Waals surface area contributed by atoms with E-state index >= 15 is 0 Å². The Kier molecular flexibility index (Phi) is 10.0. The normalized spacial score (nSPS) is 13.5. The lowest BCUT2D eigenvalue weighted by Gasteiger charge is -2.23. The number of phenolic OH excluding ortho intramolecular Hbond substituents is 2. The summed E-state index contributed by atoms with van der Waals surface area (Å²) in [5, 5.41) is 28.3. The molecule has 2 heterocycles. The zero-order valence-electron chi connectivity index (χ0n) is 23.1. The molecule has 4 N–H and O–H groups in total. The number of hydrogen-bond donors (Lipinski definition) is 4. The van der Waals surface area contributed by atoms with Gasteiger partial charge in [0, 0.05) is 18.2 Å². The van der Waals surface area contributed by atoms with E-state index in [2.05, 4.69) is 22.6 Å². The standard InChI is InChI=1S/C32H34FN3O4.ClH/c1-2-34-32(39)30-29(23-11-7-22(8-12-23)20-36-16-4-3-5-17-36)31(40-35-30)26-18-24(27(37)19-28(26)38)13-6-21-9-14-25(33)15-10-21;/h7-12,14-15,18-19,37-38H,2-6,13,16-17,20H2,1H3,(H,34,39);1H. The summed E-state index contributed by atoms with van der Waals surface area (Å²) in [7, 11) is 0. The van der Waals surface area contributed by atoms with Crippen LogP contribution in [0.4, 0.5) is 4.39 Å². The molecular weight excluding hydrogens is 545 g/mol. The van der Waals surface area contributed by atoms with Crippen molar-refractivity contribution in [3.05, 3.63) is 88.9 Å². The molecule has 1 aliphatic heterocycles. The molecule has 7 nitrogen and oxygen atoms in total. The van der Waals surface area contributed by atoms with Crippen molar-refractivity contribution in [2.75, 3.05) is 19.6 Å². The first-order valence-electron chi connectivity index (χ1n) is 13.9. The molecule has 1 fully saturated rings. The highest BCUT2D eigenvalue weighted by atomic mass is 35.5. The highest BCUT2D eigenvalue weighted by Gasteiger charge is 2.27. The number of piperidine rings is 1. The predicted molar refractivity (Wildman–Crippen MR) is 151 cm³/mol. The molecule has 0 unspecified atom stereocenters. The fourth-order valence-corrected chi connectivity index (χ4v) is 5.38. The minimum absolute atomic E-state index is 0. The van der Waals surface area contributed by atoms with E-state index < -0.39 is 0 Å². The number of quaternary nitrogens is 1. The Morgan fingerprint density at radius 1 is 0.951 bits per heavy atom. The third-order valence-electron chi connectivity index (χ3n) is 7.54. The maximum Gasteiger partial charge on any atom is 0.274 e. The van der Waals surface area contributed by atoms with Gasteiger partial charge in [0.1, 0.15) is 23.9 Å². The number of phenols is 2. The number of rotatable bonds is 9. The second-order valence-electron chi connectivity index (χ2n) is 10.4. The van der Waals surface area contributed by atoms with Gasteiger partial charge < -0.3 is 37.4 Å². The largest absolute Gasteiger partial charge is 1.00 e. The van der Waals surface area contributed by atoms with Gasteiger partial charge in [0.15, 0.2) is 11.5 Å². The van der Waals surface area contributed by atoms with Crippen LogP contribution in [-0.2, 0) is 19.4 Å². The van der Waals surface area contributed by atoms with Crippen molar-refractivity contribution in [1.82, 2.24) is 10.5 Å². The van der Waals surface area contributed by atoms with Crippen LogP contribution < -0.4 is 22.6 Å². The zero-order valence-corrected chi connectivity index (χ0v) is 23.8. The molecule has 5 rings (SSSR count). The summed E-state index contributed by atoms with van der Waals surface area (Å²) >= 11 is 0. The van der Waals surface area contributed by atoms with Gasteiger partial charge in [-0.05, 0) is 73.9 Å². The van der Waals surface area contributed by atoms with Crippen molar-refractivity contribution in [2.45, 2.75) is 45.6 Å². The Balaban J connectivity index is 0.00000387. The van der Waals surface area contributed by atoms with Gasteiger partial charge in [-0.25, -0.2) is 4.39 Å². The summed E-state index contributed by atoms with van der Waals surface area (Å²) in [6, 6.07) is 17.2. The number of halogens is 2. The molecule has 1 saturated heterocycles. The first-order valence-corrected chi connectivity index (χ1v) is 13.9. The van der Waals surface area contributed by atoms with Gasteiger partial charge in [-0.15, -0.1) is 0 Å². The van der Waals surface area contributed by atoms with Crippen LogP contribution in [0.25, 0.3) is 22.5 Å². The Morgan fingerprint density at radius 3 is 2.32 bits per heavy atom. The quantitative estimate of drug-likeness (QED) is 0.242. The van der Waals surface area contributed by atoms with E-state index in [0.29, 0.717) is 36.1 Å². The van der Waals surface area contributed by atoms with E-state index in [1.165, 1.54) is 56.1 Å². The minimum atomic E-state index is -0.371. The van der Waals surface area contributed by atoms with Gasteiger partial charge in [-0.2, -0.15) is 0 Å². The van der Waals surface area contributed by atoms with E-state index in [9.17, 15) is 19.4 Å². The van der Waals surface area contributed by atoms with Crippen molar-refractivity contribution in [3.8, 4) is 33.9 Å². The first-order chi connectivity index (χ1) is 19.4. The van der Waals surface area contributed by atoms with Gasteiger partial charge in [0.05, 0.1) is 24.2 Å². The van der Waals surface area contributed by atoms with Crippen molar-refractivity contribution in [2.24, 2.45) is 0 Å². The maximum absolute atomic E-state index is 13.3. The number of likely N-dealkylation sites (tertiary alicyclic amines) is 1. The maximum atomic E-state index is 13.3. The molecule has 216 valence electrons. The Labute approximate surface area is 245 Å². The molecule has 0 atom stereocenters. The minimum Gasteiger partial charge on any atom is -1.00 e. The topological polar surface area (TPSA) is 100 Å². The molecule has 0 radical (unpaired) electrons. The lowest BCUT2D eigenvalue weighted by Crippen LogP contribution is -3.11. The van der Waals surface area contributed by atoms with Gasteiger partial charge in [-0.1, -0.05) is 41.6 Å². The number of benzene rings is 3. The summed E-state index contributed by atoms with van der Waals surface area (Å²) in [5.41, 5.74) is 4.40. The van der Waals surface area contributed by atoms with Gasteiger partial charge >= 0.3 is 0 Å². The molecule has 0 spiro atoms. The van der Waals surface area contributed by atoms with Gasteiger partial charge in [0.25, 0.3) is 5.91 Å². The van der Waals surface area contributed by atoms with E-state index in [1.54, 1.807) is 23.1 Å². The first kappa shape index (κ1) is 30.1. The number of nitrogens with one attached hydrogen (secondary N) is 2. The van der Waals surface area contributed by atoms with Crippen molar-refractivity contribution >= 4 is 5.91 Å². The second kappa shape index (κ2) is 13.7. The average molecular weight is 580 g/mol. The third-order valence-corrected chi connectivity index (χ3v) is 7.54. The highest BCUT2D eigenvalue weighted by molar-refractivity contribution is 6.02. The van der Waals surface area contributed by atoms with Crippen LogP contribution in [0.5, 0.6) is 11.5 Å². The highest BCUT2D eigenvalue weighted by Crippen LogP contribution is 2.42. The molecule has 0 bridgehead atoms. The van der Waals surface area contributed by atoms with Crippen LogP contribution in [0.2, 0.25) is 0 Å². The van der Waals surface area contributed by atoms with Crippen LogP contribution >= 0.6 is 0 Å². The summed E-state index contributed by atoms with van der Waals surface area (Å²) in [5.74, 6) is -0.675. The second-order valence-corrected chi connectivity index (χ2v) is 10.4. The lowest BCUT2D eigenvalue weighted by atomic mass is 9.95. The number of carbonyl (C=O) groups is 1. The molecule has 9 heteroatoms. The average Bonchev–Trinajstić information content (AvgIpc) is 3.40. The third kappa shape index (κ3) is 7.07. The van der Waals surface area contributed by atoms with Crippen LogP contribution in [-0.4, -0.2) is 40.9 Å². The zero-order chi connectivity index (χ0) is 28.1. The van der Waals surface area contributed by atoms with E-state index in [4.69, 9.17) is 4.52 Å². The van der Waals surface area contributed by atoms with Crippen molar-refractivity contribution in [3.63, 3.8) is 0 Å². The molecule has 0 aliphatic carbocycles. The molecule has 1 amide bonds. The molecule has 0 saturated carbocycles. The summed E-state index contributed by atoms with van der Waals surface area (Å²) < 4.78 is 19.0. The number of amides is 1. The van der Waals surface area contributed by atoms with Crippen LogP contribution in [0.1, 0.15) is 53.4 Å². The van der Waals surface area contributed by atoms with E-state index in [0.717, 1.165) is 17.7 Å². The van der Waals surface area contributed by atoms with E-state index in [1.807, 2.05) is 19.1 Å². The SMILES string of the molecule is CCNC(=O)c1noc(-c2cc(CCc3ccc(F)cc3)c(O)cc2O)c1-c1ccc(C[NH+]2CCCCC2)cc1.[Cl-]. The number of nitrogens with zero attached hydrogens (tertiary/aromatic N) is 1. The molecule has 3 aromatic carbocycles. The number of hydrogen-bond acceptors (Lipinski definition) is 5. The van der Waals surface area contributed by atoms with Gasteiger partial charge in [0.2, 0.25) is 0 Å². The monoisotopic (exact) mass is 579 g/mol. The van der Waals surface area contributed by atoms with Crippen molar-refractivity contribution in [1.29, 1.82) is 0 Å². The molecule has 1 aliphatic rings. The van der Waals surface area contributed by atoms with Gasteiger partial charge in [-0.3, -0.25) is 4.79 Å². The lowest BCUT2D eigenvalue weighted by molar-refractivity contribution is -0.918. The van der Waals surface area contributed by atoms with Crippen molar-refractivity contribution < 1.29 is 41.2 Å². The van der Waals surface area contributed by atoms with Crippen LogP contribution in [0.15, 0.2) is 65.2 Å². The summed E-state index contributed by atoms with van der Waals surface area (Å²) in [6.07, 6.45) is 4.83. The predicted octanol–water partition coefficient (Wildman–Crippen LogP) is 1.67. The molecular formula is C32H35ClFN3O4. The Bertz CT molecular complexity index is 1470. The molecule has 1 aromatic heterocycles. The smallest absolute Gasteiger partial charge is 0.274 e. The Hall–Kier alpha value is -3.88. The number of aromatic nitrogens is 1. The van der Waals surface area contributed by atoms with Crippen LogP contribution in [0, 0.1) is 5.82 Å². The van der Waals surface area contributed by atoms with E-state index in [-0.39, 0.29) is 47.1 Å². The summed E-state index contributed by atoms with van der Waals surface area (Å²) in [4.78, 5) is 14.5. The van der Waals surface area contributed by atoms with Crippen LogP contribution in [0.3, 0.4) is 0 Å². The Morgan fingerprint density at radius 2 is 1.63 bits per heavy atom. The molecule has 41 heavy (non-hydrogen) atoms. The fourth-order valence-electron chi connectivity index (χ4n) is 5.38. The fraction of sp³-hybridized carbons (Fsp3) is 0.312. The number of carbonyl (C=O) groups excluding carboxylic acids is 1.